The molecule has 2 aliphatic carbocycles. The average molecular weight is 218 g/mol. The highest BCUT2D eigenvalue weighted by atomic mass is 16.5. The summed E-state index contributed by atoms with van der Waals surface area (Å²) < 4.78 is 5.04. The van der Waals surface area contributed by atoms with Gasteiger partial charge in [0, 0.05) is 12.6 Å². The Kier molecular flexibility index (Phi) is 2.56. The Morgan fingerprint density at radius 1 is 1.44 bits per heavy atom. The van der Waals surface area contributed by atoms with E-state index in [-0.39, 0.29) is 0 Å². The zero-order valence-electron chi connectivity index (χ0n) is 9.65. The zero-order chi connectivity index (χ0) is 11.0. The monoisotopic (exact) mass is 218 g/mol. The van der Waals surface area contributed by atoms with Gasteiger partial charge in [-0.05, 0) is 44.1 Å². The fourth-order valence-corrected chi connectivity index (χ4v) is 3.02. The Morgan fingerprint density at radius 2 is 2.38 bits per heavy atom. The summed E-state index contributed by atoms with van der Waals surface area (Å²) in [6.07, 6.45) is 7.55. The van der Waals surface area contributed by atoms with Gasteiger partial charge in [-0.25, -0.2) is 0 Å². The van der Waals surface area contributed by atoms with Crippen molar-refractivity contribution in [1.29, 1.82) is 0 Å². The summed E-state index contributed by atoms with van der Waals surface area (Å²) in [5.74, 6) is 3.42. The lowest BCUT2D eigenvalue weighted by Gasteiger charge is -2.17. The third-order valence-electron chi connectivity index (χ3n) is 3.81. The van der Waals surface area contributed by atoms with E-state index in [2.05, 4.69) is 22.6 Å². The van der Waals surface area contributed by atoms with Crippen molar-refractivity contribution >= 4 is 0 Å². The van der Waals surface area contributed by atoms with E-state index in [1.807, 2.05) is 13.0 Å². The molecule has 3 nitrogen and oxygen atoms in total. The molecule has 0 radical (unpaired) electrons. The molecular formula is C13H18N2O. The predicted octanol–water partition coefficient (Wildman–Crippen LogP) is 2.28. The van der Waals surface area contributed by atoms with Gasteiger partial charge in [-0.3, -0.25) is 0 Å². The summed E-state index contributed by atoms with van der Waals surface area (Å²) >= 11 is 0. The van der Waals surface area contributed by atoms with Crippen LogP contribution in [-0.4, -0.2) is 11.7 Å². The highest BCUT2D eigenvalue weighted by Gasteiger charge is 2.34. The molecule has 1 heterocycles. The highest BCUT2D eigenvalue weighted by Crippen LogP contribution is 2.42. The number of aryl methyl sites for hydroxylation is 1. The summed E-state index contributed by atoms with van der Waals surface area (Å²) in [7, 11) is 0. The Morgan fingerprint density at radius 3 is 3.00 bits per heavy atom. The Balaban J connectivity index is 1.46. The maximum Gasteiger partial charge on any atom is 0.133 e. The first kappa shape index (κ1) is 10.1. The molecule has 1 fully saturated rings. The van der Waals surface area contributed by atoms with E-state index in [4.69, 9.17) is 4.52 Å². The summed E-state index contributed by atoms with van der Waals surface area (Å²) in [4.78, 5) is 0. The number of hydrogen-bond acceptors (Lipinski definition) is 3. The van der Waals surface area contributed by atoms with Gasteiger partial charge in [-0.2, -0.15) is 0 Å². The molecule has 1 aromatic heterocycles. The average Bonchev–Trinajstić information content (AvgIpc) is 2.94. The van der Waals surface area contributed by atoms with Crippen LogP contribution in [0.25, 0.3) is 0 Å². The standard InChI is InChI=1S/C13H18N2O/c1-9-4-13(15-16-9)8-14-7-12-6-10-2-3-11(12)5-10/h2-4,10-12,14H,5-8H2,1H3. The predicted molar refractivity (Wildman–Crippen MR) is 61.8 cm³/mol. The molecule has 0 amide bonds. The van der Waals surface area contributed by atoms with Crippen LogP contribution in [0.15, 0.2) is 22.7 Å². The van der Waals surface area contributed by atoms with Crippen LogP contribution in [0.1, 0.15) is 24.3 Å². The first-order chi connectivity index (χ1) is 7.81. The third kappa shape index (κ3) is 1.92. The molecule has 3 unspecified atom stereocenters. The van der Waals surface area contributed by atoms with Gasteiger partial charge < -0.3 is 9.84 Å². The number of nitrogens with one attached hydrogen (secondary N) is 1. The largest absolute Gasteiger partial charge is 0.361 e. The van der Waals surface area contributed by atoms with Gasteiger partial charge in [0.2, 0.25) is 0 Å². The molecule has 0 aromatic carbocycles. The van der Waals surface area contributed by atoms with Crippen molar-refractivity contribution in [3.63, 3.8) is 0 Å². The van der Waals surface area contributed by atoms with Crippen LogP contribution >= 0.6 is 0 Å². The van der Waals surface area contributed by atoms with Crippen molar-refractivity contribution in [3.8, 4) is 0 Å². The number of hydrogen-bond donors (Lipinski definition) is 1. The van der Waals surface area contributed by atoms with Gasteiger partial charge in [0.1, 0.15) is 5.76 Å². The maximum absolute atomic E-state index is 5.04. The number of rotatable bonds is 4. The molecule has 86 valence electrons. The van der Waals surface area contributed by atoms with Crippen LogP contribution in [0.5, 0.6) is 0 Å². The highest BCUT2D eigenvalue weighted by molar-refractivity contribution is 5.10. The topological polar surface area (TPSA) is 38.1 Å². The smallest absolute Gasteiger partial charge is 0.133 e. The number of aromatic nitrogens is 1. The van der Waals surface area contributed by atoms with Crippen molar-refractivity contribution < 1.29 is 4.52 Å². The van der Waals surface area contributed by atoms with Gasteiger partial charge in [0.05, 0.1) is 5.69 Å². The SMILES string of the molecule is Cc1cc(CNCC2CC3C=CC2C3)no1. The van der Waals surface area contributed by atoms with Gasteiger partial charge >= 0.3 is 0 Å². The maximum atomic E-state index is 5.04. The normalized spacial score (nSPS) is 31.4. The summed E-state index contributed by atoms with van der Waals surface area (Å²) in [5, 5.41) is 7.46. The van der Waals surface area contributed by atoms with Crippen molar-refractivity contribution in [2.45, 2.75) is 26.3 Å². The molecule has 1 N–H and O–H groups in total. The van der Waals surface area contributed by atoms with Crippen LogP contribution < -0.4 is 5.32 Å². The lowest BCUT2D eigenvalue weighted by Crippen LogP contribution is -2.25. The van der Waals surface area contributed by atoms with Crippen molar-refractivity contribution in [2.75, 3.05) is 6.54 Å². The second kappa shape index (κ2) is 4.06. The quantitative estimate of drug-likeness (QED) is 0.788. The molecule has 3 heteroatoms. The fraction of sp³-hybridized carbons (Fsp3) is 0.615. The second-order valence-corrected chi connectivity index (χ2v) is 5.10. The molecule has 1 aromatic rings. The minimum atomic E-state index is 0.828. The minimum Gasteiger partial charge on any atom is -0.361 e. The van der Waals surface area contributed by atoms with Crippen LogP contribution in [0.2, 0.25) is 0 Å². The number of fused-ring (bicyclic) bond motifs is 2. The van der Waals surface area contributed by atoms with Gasteiger partial charge in [0.15, 0.2) is 0 Å². The lowest BCUT2D eigenvalue weighted by atomic mass is 9.94. The van der Waals surface area contributed by atoms with Crippen LogP contribution in [0.4, 0.5) is 0 Å². The Bertz CT molecular complexity index is 396. The molecule has 3 rings (SSSR count). The molecule has 3 atom stereocenters. The Labute approximate surface area is 95.9 Å². The van der Waals surface area contributed by atoms with E-state index in [9.17, 15) is 0 Å². The van der Waals surface area contributed by atoms with Crippen molar-refractivity contribution in [2.24, 2.45) is 17.8 Å². The second-order valence-electron chi connectivity index (χ2n) is 5.10. The summed E-state index contributed by atoms with van der Waals surface area (Å²) in [6.45, 7) is 3.86. The zero-order valence-corrected chi connectivity index (χ0v) is 9.65. The van der Waals surface area contributed by atoms with Crippen molar-refractivity contribution in [3.05, 3.63) is 29.7 Å². The molecule has 2 aliphatic rings. The summed E-state index contributed by atoms with van der Waals surface area (Å²) in [6, 6.07) is 1.99. The van der Waals surface area contributed by atoms with Gasteiger partial charge in [-0.15, -0.1) is 0 Å². The van der Waals surface area contributed by atoms with Gasteiger partial charge in [-0.1, -0.05) is 17.3 Å². The number of nitrogens with zero attached hydrogens (tertiary/aromatic N) is 1. The van der Waals surface area contributed by atoms with E-state index < -0.39 is 0 Å². The molecule has 0 aliphatic heterocycles. The van der Waals surface area contributed by atoms with Crippen LogP contribution in [-0.2, 0) is 6.54 Å². The molecule has 2 bridgehead atoms. The van der Waals surface area contributed by atoms with E-state index in [1.54, 1.807) is 0 Å². The molecule has 0 saturated heterocycles. The third-order valence-corrected chi connectivity index (χ3v) is 3.81. The van der Waals surface area contributed by atoms with Crippen LogP contribution in [0.3, 0.4) is 0 Å². The van der Waals surface area contributed by atoms with E-state index in [0.29, 0.717) is 0 Å². The van der Waals surface area contributed by atoms with E-state index in [0.717, 1.165) is 42.3 Å². The Hall–Kier alpha value is -1.09. The first-order valence-corrected chi connectivity index (χ1v) is 6.12. The summed E-state index contributed by atoms with van der Waals surface area (Å²) in [5.41, 5.74) is 1.01. The van der Waals surface area contributed by atoms with Gasteiger partial charge in [0.25, 0.3) is 0 Å². The molecule has 0 spiro atoms. The lowest BCUT2D eigenvalue weighted by molar-refractivity contribution is 0.380. The van der Waals surface area contributed by atoms with Crippen LogP contribution in [0, 0.1) is 24.7 Å². The molecule has 16 heavy (non-hydrogen) atoms. The fourth-order valence-electron chi connectivity index (χ4n) is 3.02. The van der Waals surface area contributed by atoms with Crippen molar-refractivity contribution in [1.82, 2.24) is 10.5 Å². The molecule has 1 saturated carbocycles. The van der Waals surface area contributed by atoms with E-state index in [1.165, 1.54) is 12.8 Å². The first-order valence-electron chi connectivity index (χ1n) is 6.12. The van der Waals surface area contributed by atoms with E-state index >= 15 is 0 Å². The number of allylic oxidation sites excluding steroid dienone is 2. The minimum absolute atomic E-state index is 0.828. The molecular weight excluding hydrogens is 200 g/mol.